The fourth-order valence-electron chi connectivity index (χ4n) is 2.93. The van der Waals surface area contributed by atoms with Crippen molar-refractivity contribution in [2.45, 2.75) is 13.0 Å². The molecule has 0 unspecified atom stereocenters. The summed E-state index contributed by atoms with van der Waals surface area (Å²) in [6.07, 6.45) is -0.708. The van der Waals surface area contributed by atoms with Crippen LogP contribution in [0.1, 0.15) is 21.6 Å². The van der Waals surface area contributed by atoms with Gasteiger partial charge in [-0.05, 0) is 35.7 Å². The van der Waals surface area contributed by atoms with Gasteiger partial charge in [0.25, 0.3) is 5.91 Å². The zero-order valence-corrected chi connectivity index (χ0v) is 14.9. The molecule has 1 aromatic heterocycles. The summed E-state index contributed by atoms with van der Waals surface area (Å²) >= 11 is 0. The van der Waals surface area contributed by atoms with Crippen LogP contribution in [-0.2, 0) is 13.0 Å². The number of carbonyl (C=O) groups is 2. The molecule has 7 nitrogen and oxygen atoms in total. The quantitative estimate of drug-likeness (QED) is 0.515. The highest BCUT2D eigenvalue weighted by molar-refractivity contribution is 6.01. The SMILES string of the molecule is CNC(=O)c1[nH]c2ccc(OCc3ccccc3)cc2c1CCNC(=O)O. The zero-order chi connectivity index (χ0) is 19.2. The number of aromatic amines is 1. The van der Waals surface area contributed by atoms with E-state index in [2.05, 4.69) is 15.6 Å². The van der Waals surface area contributed by atoms with Gasteiger partial charge in [-0.15, -0.1) is 0 Å². The molecule has 0 aliphatic carbocycles. The fraction of sp³-hybridized carbons (Fsp3) is 0.200. The van der Waals surface area contributed by atoms with E-state index in [0.29, 0.717) is 24.5 Å². The second-order valence-corrected chi connectivity index (χ2v) is 6.02. The molecule has 0 atom stereocenters. The molecule has 0 bridgehead atoms. The molecular weight excluding hydrogens is 346 g/mol. The van der Waals surface area contributed by atoms with Crippen LogP contribution in [0, 0.1) is 0 Å². The Hall–Kier alpha value is -3.48. The van der Waals surface area contributed by atoms with E-state index in [-0.39, 0.29) is 12.5 Å². The van der Waals surface area contributed by atoms with Gasteiger partial charge in [-0.3, -0.25) is 4.79 Å². The summed E-state index contributed by atoms with van der Waals surface area (Å²) in [6.45, 7) is 0.649. The van der Waals surface area contributed by atoms with E-state index in [9.17, 15) is 9.59 Å². The molecule has 0 aliphatic heterocycles. The van der Waals surface area contributed by atoms with Crippen LogP contribution in [0.5, 0.6) is 5.75 Å². The van der Waals surface area contributed by atoms with Gasteiger partial charge in [0, 0.05) is 24.5 Å². The fourth-order valence-corrected chi connectivity index (χ4v) is 2.93. The Balaban J connectivity index is 1.88. The zero-order valence-electron chi connectivity index (χ0n) is 14.9. The Bertz CT molecular complexity index is 951. The number of ether oxygens (including phenoxy) is 1. The van der Waals surface area contributed by atoms with Crippen molar-refractivity contribution < 1.29 is 19.4 Å². The standard InChI is InChI=1S/C20H21N3O4/c1-21-19(24)18-15(9-10-22-20(25)26)16-11-14(7-8-17(16)23-18)27-12-13-5-3-2-4-6-13/h2-8,11,22-23H,9-10,12H2,1H3,(H,21,24)(H,25,26). The van der Waals surface area contributed by atoms with Gasteiger partial charge in [-0.1, -0.05) is 30.3 Å². The lowest BCUT2D eigenvalue weighted by Gasteiger charge is -2.08. The van der Waals surface area contributed by atoms with E-state index >= 15 is 0 Å². The predicted octanol–water partition coefficient (Wildman–Crippen LogP) is 2.92. The van der Waals surface area contributed by atoms with Crippen molar-refractivity contribution in [2.75, 3.05) is 13.6 Å². The number of hydrogen-bond acceptors (Lipinski definition) is 3. The molecule has 140 valence electrons. The molecular formula is C20H21N3O4. The van der Waals surface area contributed by atoms with Crippen LogP contribution in [0.25, 0.3) is 10.9 Å². The van der Waals surface area contributed by atoms with Crippen molar-refractivity contribution in [2.24, 2.45) is 0 Å². The molecule has 2 aromatic carbocycles. The maximum atomic E-state index is 12.2. The van der Waals surface area contributed by atoms with Crippen LogP contribution in [-0.4, -0.2) is 35.7 Å². The molecule has 2 amide bonds. The number of hydrogen-bond donors (Lipinski definition) is 4. The monoisotopic (exact) mass is 367 g/mol. The van der Waals surface area contributed by atoms with E-state index in [4.69, 9.17) is 9.84 Å². The van der Waals surface area contributed by atoms with Crippen LogP contribution < -0.4 is 15.4 Å². The second kappa shape index (κ2) is 8.27. The number of rotatable bonds is 7. The average Bonchev–Trinajstić information content (AvgIpc) is 3.04. The van der Waals surface area contributed by atoms with E-state index in [0.717, 1.165) is 22.0 Å². The molecule has 4 N–H and O–H groups in total. The van der Waals surface area contributed by atoms with E-state index in [1.807, 2.05) is 48.5 Å². The second-order valence-electron chi connectivity index (χ2n) is 6.02. The van der Waals surface area contributed by atoms with E-state index in [1.54, 1.807) is 7.05 Å². The highest BCUT2D eigenvalue weighted by atomic mass is 16.5. The van der Waals surface area contributed by atoms with Crippen LogP contribution in [0.15, 0.2) is 48.5 Å². The molecule has 7 heteroatoms. The van der Waals surface area contributed by atoms with E-state index in [1.165, 1.54) is 0 Å². The summed E-state index contributed by atoms with van der Waals surface area (Å²) in [5.74, 6) is 0.435. The number of fused-ring (bicyclic) bond motifs is 1. The first-order valence-corrected chi connectivity index (χ1v) is 8.58. The number of benzene rings is 2. The molecule has 0 aliphatic rings. The number of aromatic nitrogens is 1. The number of nitrogens with one attached hydrogen (secondary N) is 3. The molecule has 0 radical (unpaired) electrons. The third kappa shape index (κ3) is 4.38. The lowest BCUT2D eigenvalue weighted by atomic mass is 10.1. The average molecular weight is 367 g/mol. The minimum absolute atomic E-state index is 0.210. The summed E-state index contributed by atoms with van der Waals surface area (Å²) in [6, 6.07) is 15.4. The Labute approximate surface area is 156 Å². The Morgan fingerprint density at radius 3 is 2.63 bits per heavy atom. The first-order valence-electron chi connectivity index (χ1n) is 8.58. The summed E-state index contributed by atoms with van der Waals surface area (Å²) in [5, 5.41) is 14.6. The molecule has 0 fully saturated rings. The van der Waals surface area contributed by atoms with Gasteiger partial charge < -0.3 is 25.5 Å². The first-order chi connectivity index (χ1) is 13.1. The lowest BCUT2D eigenvalue weighted by molar-refractivity contribution is 0.0958. The van der Waals surface area contributed by atoms with Crippen molar-refractivity contribution in [1.29, 1.82) is 0 Å². The smallest absolute Gasteiger partial charge is 0.404 e. The Kier molecular flexibility index (Phi) is 5.61. The maximum absolute atomic E-state index is 12.2. The van der Waals surface area contributed by atoms with Crippen molar-refractivity contribution in [3.63, 3.8) is 0 Å². The summed E-state index contributed by atoms with van der Waals surface area (Å²) in [7, 11) is 1.56. The van der Waals surface area contributed by atoms with E-state index < -0.39 is 6.09 Å². The van der Waals surface area contributed by atoms with Crippen molar-refractivity contribution in [3.8, 4) is 5.75 Å². The molecule has 3 rings (SSSR count). The number of amides is 2. The van der Waals surface area contributed by atoms with Gasteiger partial charge in [-0.25, -0.2) is 4.79 Å². The third-order valence-corrected chi connectivity index (χ3v) is 4.23. The number of carbonyl (C=O) groups excluding carboxylic acids is 1. The van der Waals surface area contributed by atoms with Crippen LogP contribution in [0.4, 0.5) is 4.79 Å². The van der Waals surface area contributed by atoms with Gasteiger partial charge in [0.15, 0.2) is 0 Å². The van der Waals surface area contributed by atoms with Crippen molar-refractivity contribution >= 4 is 22.9 Å². The normalized spacial score (nSPS) is 10.6. The summed E-state index contributed by atoms with van der Waals surface area (Å²) < 4.78 is 5.87. The van der Waals surface area contributed by atoms with Gasteiger partial charge >= 0.3 is 6.09 Å². The van der Waals surface area contributed by atoms with Crippen LogP contribution in [0.3, 0.4) is 0 Å². The minimum Gasteiger partial charge on any atom is -0.489 e. The van der Waals surface area contributed by atoms with Crippen molar-refractivity contribution in [1.82, 2.24) is 15.6 Å². The number of H-pyrrole nitrogens is 1. The molecule has 0 spiro atoms. The van der Waals surface area contributed by atoms with Gasteiger partial charge in [-0.2, -0.15) is 0 Å². The first kappa shape index (κ1) is 18.3. The van der Waals surface area contributed by atoms with Crippen LogP contribution in [0.2, 0.25) is 0 Å². The summed E-state index contributed by atoms with van der Waals surface area (Å²) in [5.41, 5.74) is 3.04. The third-order valence-electron chi connectivity index (χ3n) is 4.23. The summed E-state index contributed by atoms with van der Waals surface area (Å²) in [4.78, 5) is 26.0. The molecule has 0 saturated heterocycles. The van der Waals surface area contributed by atoms with Crippen LogP contribution >= 0.6 is 0 Å². The highest BCUT2D eigenvalue weighted by Gasteiger charge is 2.17. The number of carboxylic acid groups (broad SMARTS) is 1. The molecule has 0 saturated carbocycles. The van der Waals surface area contributed by atoms with Crippen molar-refractivity contribution in [3.05, 3.63) is 65.4 Å². The molecule has 3 aromatic rings. The minimum atomic E-state index is -1.09. The largest absolute Gasteiger partial charge is 0.489 e. The van der Waals surface area contributed by atoms with Gasteiger partial charge in [0.05, 0.1) is 0 Å². The van der Waals surface area contributed by atoms with Gasteiger partial charge in [0.1, 0.15) is 18.1 Å². The topological polar surface area (TPSA) is 103 Å². The predicted molar refractivity (Wildman–Crippen MR) is 102 cm³/mol. The molecule has 1 heterocycles. The van der Waals surface area contributed by atoms with Gasteiger partial charge in [0.2, 0.25) is 0 Å². The Morgan fingerprint density at radius 1 is 1.15 bits per heavy atom. The lowest BCUT2D eigenvalue weighted by Crippen LogP contribution is -2.25. The maximum Gasteiger partial charge on any atom is 0.404 e. The molecule has 27 heavy (non-hydrogen) atoms. The Morgan fingerprint density at radius 2 is 1.93 bits per heavy atom. The highest BCUT2D eigenvalue weighted by Crippen LogP contribution is 2.27.